The monoisotopic (exact) mass is 273 g/mol. The summed E-state index contributed by atoms with van der Waals surface area (Å²) < 4.78 is 5.28. The van der Waals surface area contributed by atoms with Crippen LogP contribution in [0.5, 0.6) is 0 Å². The number of rotatable bonds is 4. The summed E-state index contributed by atoms with van der Waals surface area (Å²) in [5, 5.41) is 11.2. The minimum absolute atomic E-state index is 0.310. The van der Waals surface area contributed by atoms with Crippen LogP contribution in [0, 0.1) is 0 Å². The molecule has 1 aromatic carbocycles. The van der Waals surface area contributed by atoms with Crippen LogP contribution in [0.1, 0.15) is 5.76 Å². The maximum atomic E-state index is 5.45. The molecular weight excluding hydrogens is 262 g/mol. The summed E-state index contributed by atoms with van der Waals surface area (Å²) in [4.78, 5) is 4.00. The molecule has 0 aliphatic heterocycles. The van der Waals surface area contributed by atoms with E-state index in [4.69, 9.17) is 10.3 Å². The fourth-order valence-electron chi connectivity index (χ4n) is 1.58. The normalized spacial score (nSPS) is 10.7. The molecule has 0 saturated heterocycles. The van der Waals surface area contributed by atoms with Crippen LogP contribution in [-0.2, 0) is 5.75 Å². The summed E-state index contributed by atoms with van der Waals surface area (Å²) in [7, 11) is 0. The van der Waals surface area contributed by atoms with E-state index in [-0.39, 0.29) is 0 Å². The van der Waals surface area contributed by atoms with Gasteiger partial charge in [0.2, 0.25) is 11.1 Å². The number of hydrogen-bond acceptors (Lipinski definition) is 6. The van der Waals surface area contributed by atoms with Crippen molar-refractivity contribution in [3.8, 4) is 11.3 Å². The van der Waals surface area contributed by atoms with Crippen molar-refractivity contribution in [2.45, 2.75) is 10.9 Å². The van der Waals surface area contributed by atoms with Crippen LogP contribution >= 0.6 is 11.8 Å². The fourth-order valence-corrected chi connectivity index (χ4v) is 2.26. The number of aromatic nitrogens is 4. The van der Waals surface area contributed by atoms with Gasteiger partial charge in [-0.2, -0.15) is 4.98 Å². The zero-order valence-corrected chi connectivity index (χ0v) is 10.7. The molecule has 3 aromatic rings. The van der Waals surface area contributed by atoms with Crippen LogP contribution in [0.3, 0.4) is 0 Å². The third-order valence-corrected chi connectivity index (χ3v) is 3.32. The standard InChI is InChI=1S/C12H11N5OS/c13-11-14-12(16-15-11)19-7-9-6-10(17-18-9)8-4-2-1-3-5-8/h1-6H,7H2,(H3,13,14,15,16). The Hall–Kier alpha value is -2.28. The van der Waals surface area contributed by atoms with Gasteiger partial charge in [0.15, 0.2) is 0 Å². The second kappa shape index (κ2) is 5.15. The Kier molecular flexibility index (Phi) is 3.20. The Balaban J connectivity index is 1.68. The van der Waals surface area contributed by atoms with E-state index >= 15 is 0 Å². The molecule has 0 unspecified atom stereocenters. The number of H-pyrrole nitrogens is 1. The highest BCUT2D eigenvalue weighted by Crippen LogP contribution is 2.23. The zero-order chi connectivity index (χ0) is 13.1. The molecule has 0 saturated carbocycles. The molecule has 3 N–H and O–H groups in total. The molecule has 6 nitrogen and oxygen atoms in total. The summed E-state index contributed by atoms with van der Waals surface area (Å²) in [6, 6.07) is 11.8. The van der Waals surface area contributed by atoms with Crippen molar-refractivity contribution in [2.75, 3.05) is 5.73 Å². The summed E-state index contributed by atoms with van der Waals surface area (Å²) in [5.74, 6) is 1.69. The highest BCUT2D eigenvalue weighted by Gasteiger charge is 2.08. The molecule has 96 valence electrons. The number of hydrogen-bond donors (Lipinski definition) is 2. The lowest BCUT2D eigenvalue weighted by molar-refractivity contribution is 0.397. The van der Waals surface area contributed by atoms with Crippen molar-refractivity contribution < 1.29 is 4.52 Å². The van der Waals surface area contributed by atoms with E-state index in [1.54, 1.807) is 0 Å². The van der Waals surface area contributed by atoms with Crippen LogP contribution in [0.25, 0.3) is 11.3 Å². The number of thioether (sulfide) groups is 1. The predicted octanol–water partition coefficient (Wildman–Crippen LogP) is 2.33. The van der Waals surface area contributed by atoms with Crippen LogP contribution in [0.15, 0.2) is 46.1 Å². The molecule has 19 heavy (non-hydrogen) atoms. The van der Waals surface area contributed by atoms with Crippen molar-refractivity contribution in [3.05, 3.63) is 42.2 Å². The van der Waals surface area contributed by atoms with E-state index in [1.165, 1.54) is 11.8 Å². The molecular formula is C12H11N5OS. The van der Waals surface area contributed by atoms with Crippen LogP contribution in [-0.4, -0.2) is 20.3 Å². The average Bonchev–Trinajstić information content (AvgIpc) is 3.06. The Morgan fingerprint density at radius 2 is 2.11 bits per heavy atom. The number of aromatic amines is 1. The first-order valence-electron chi connectivity index (χ1n) is 5.63. The van der Waals surface area contributed by atoms with E-state index in [9.17, 15) is 0 Å². The lowest BCUT2D eigenvalue weighted by Gasteiger charge is -1.91. The minimum atomic E-state index is 0.310. The number of nitrogens with one attached hydrogen (secondary N) is 1. The van der Waals surface area contributed by atoms with E-state index in [2.05, 4.69) is 20.3 Å². The summed E-state index contributed by atoms with van der Waals surface area (Å²) >= 11 is 1.44. The minimum Gasteiger partial charge on any atom is -0.368 e. The third kappa shape index (κ3) is 2.76. The molecule has 0 aliphatic carbocycles. The third-order valence-electron chi connectivity index (χ3n) is 2.45. The largest absolute Gasteiger partial charge is 0.368 e. The van der Waals surface area contributed by atoms with Crippen molar-refractivity contribution in [2.24, 2.45) is 0 Å². The Morgan fingerprint density at radius 1 is 1.26 bits per heavy atom. The number of anilines is 1. The number of nitrogen functional groups attached to an aromatic ring is 1. The second-order valence-electron chi connectivity index (χ2n) is 3.84. The predicted molar refractivity (Wildman–Crippen MR) is 72.3 cm³/mol. The number of benzene rings is 1. The summed E-state index contributed by atoms with van der Waals surface area (Å²) in [5.41, 5.74) is 7.31. The van der Waals surface area contributed by atoms with Gasteiger partial charge in [-0.05, 0) is 0 Å². The van der Waals surface area contributed by atoms with Crippen molar-refractivity contribution in [3.63, 3.8) is 0 Å². The number of nitrogens with two attached hydrogens (primary N) is 1. The molecule has 0 bridgehead atoms. The molecule has 0 fully saturated rings. The van der Waals surface area contributed by atoms with E-state index in [0.29, 0.717) is 16.9 Å². The van der Waals surface area contributed by atoms with Crippen molar-refractivity contribution >= 4 is 17.7 Å². The molecule has 2 heterocycles. The SMILES string of the molecule is Nc1nc(SCc2cc(-c3ccccc3)no2)n[nH]1. The number of nitrogens with zero attached hydrogens (tertiary/aromatic N) is 3. The Bertz CT molecular complexity index is 664. The van der Waals surface area contributed by atoms with E-state index in [1.807, 2.05) is 36.4 Å². The first-order chi connectivity index (χ1) is 9.31. The van der Waals surface area contributed by atoms with Gasteiger partial charge in [0.1, 0.15) is 11.5 Å². The van der Waals surface area contributed by atoms with Gasteiger partial charge in [-0.15, -0.1) is 5.10 Å². The van der Waals surface area contributed by atoms with Gasteiger partial charge in [0.05, 0.1) is 5.75 Å². The highest BCUT2D eigenvalue weighted by molar-refractivity contribution is 7.98. The van der Waals surface area contributed by atoms with Gasteiger partial charge in [0.25, 0.3) is 0 Å². The maximum absolute atomic E-state index is 5.45. The molecule has 2 aromatic heterocycles. The smallest absolute Gasteiger partial charge is 0.216 e. The quantitative estimate of drug-likeness (QED) is 0.708. The summed E-state index contributed by atoms with van der Waals surface area (Å²) in [6.07, 6.45) is 0. The first kappa shape index (κ1) is 11.8. The Labute approximate surface area is 113 Å². The lowest BCUT2D eigenvalue weighted by Crippen LogP contribution is -1.85. The molecule has 0 atom stereocenters. The van der Waals surface area contributed by atoms with Gasteiger partial charge in [0, 0.05) is 11.6 Å². The molecule has 0 amide bonds. The average molecular weight is 273 g/mol. The molecule has 0 spiro atoms. The lowest BCUT2D eigenvalue weighted by atomic mass is 10.1. The van der Waals surface area contributed by atoms with Crippen molar-refractivity contribution in [1.82, 2.24) is 20.3 Å². The second-order valence-corrected chi connectivity index (χ2v) is 4.78. The maximum Gasteiger partial charge on any atom is 0.216 e. The van der Waals surface area contributed by atoms with Gasteiger partial charge in [-0.3, -0.25) is 0 Å². The molecule has 0 radical (unpaired) electrons. The fraction of sp³-hybridized carbons (Fsp3) is 0.0833. The van der Waals surface area contributed by atoms with Crippen LogP contribution in [0.2, 0.25) is 0 Å². The summed E-state index contributed by atoms with van der Waals surface area (Å²) in [6.45, 7) is 0. The van der Waals surface area contributed by atoms with Crippen LogP contribution in [0.4, 0.5) is 5.95 Å². The molecule has 3 rings (SSSR count). The first-order valence-corrected chi connectivity index (χ1v) is 6.61. The highest BCUT2D eigenvalue weighted by atomic mass is 32.2. The van der Waals surface area contributed by atoms with Gasteiger partial charge < -0.3 is 10.3 Å². The Morgan fingerprint density at radius 3 is 2.84 bits per heavy atom. The zero-order valence-electron chi connectivity index (χ0n) is 9.91. The molecule has 0 aliphatic rings. The van der Waals surface area contributed by atoms with Gasteiger partial charge in [-0.1, -0.05) is 47.3 Å². The van der Waals surface area contributed by atoms with Gasteiger partial charge in [-0.25, -0.2) is 5.10 Å². The van der Waals surface area contributed by atoms with E-state index < -0.39 is 0 Å². The van der Waals surface area contributed by atoms with E-state index in [0.717, 1.165) is 17.0 Å². The topological polar surface area (TPSA) is 93.6 Å². The van der Waals surface area contributed by atoms with Gasteiger partial charge >= 0.3 is 0 Å². The van der Waals surface area contributed by atoms with Crippen molar-refractivity contribution in [1.29, 1.82) is 0 Å². The van der Waals surface area contributed by atoms with Crippen LogP contribution < -0.4 is 5.73 Å². The molecule has 7 heteroatoms.